The van der Waals surface area contributed by atoms with Gasteiger partial charge in [-0.2, -0.15) is 0 Å². The van der Waals surface area contributed by atoms with Gasteiger partial charge in [-0.25, -0.2) is 0 Å². The summed E-state index contributed by atoms with van der Waals surface area (Å²) < 4.78 is 10.1. The Morgan fingerprint density at radius 2 is 2.19 bits per heavy atom. The monoisotopic (exact) mass is 231 g/mol. The molecule has 1 fully saturated rings. The van der Waals surface area contributed by atoms with Crippen molar-refractivity contribution in [2.75, 3.05) is 33.5 Å². The zero-order valence-corrected chi connectivity index (χ0v) is 9.78. The smallest absolute Gasteiger partial charge is 0.308 e. The lowest BCUT2D eigenvalue weighted by Crippen LogP contribution is -2.48. The van der Waals surface area contributed by atoms with Crippen molar-refractivity contribution >= 4 is 5.97 Å². The third-order valence-corrected chi connectivity index (χ3v) is 2.90. The van der Waals surface area contributed by atoms with Crippen LogP contribution >= 0.6 is 0 Å². The van der Waals surface area contributed by atoms with Crippen molar-refractivity contribution < 1.29 is 19.4 Å². The molecule has 1 saturated carbocycles. The lowest BCUT2D eigenvalue weighted by Gasteiger charge is -2.34. The molecule has 1 aliphatic carbocycles. The predicted molar refractivity (Wildman–Crippen MR) is 59.5 cm³/mol. The second kappa shape index (κ2) is 7.60. The molecule has 2 atom stereocenters. The minimum Gasteiger partial charge on any atom is -0.481 e. The Balaban J connectivity index is 1.90. The Hall–Kier alpha value is -0.650. The second-order valence-corrected chi connectivity index (χ2v) is 4.04. The van der Waals surface area contributed by atoms with Crippen LogP contribution in [0.3, 0.4) is 0 Å². The van der Waals surface area contributed by atoms with E-state index in [-0.39, 0.29) is 12.0 Å². The van der Waals surface area contributed by atoms with Gasteiger partial charge in [0.25, 0.3) is 0 Å². The normalized spacial score (nSPS) is 24.1. The topological polar surface area (TPSA) is 67.8 Å². The number of carbonyl (C=O) groups is 1. The molecule has 0 radical (unpaired) electrons. The van der Waals surface area contributed by atoms with Gasteiger partial charge < -0.3 is 19.9 Å². The molecule has 0 aromatic carbocycles. The number of aliphatic carboxylic acids is 1. The van der Waals surface area contributed by atoms with Gasteiger partial charge in [0.2, 0.25) is 0 Å². The van der Waals surface area contributed by atoms with Crippen LogP contribution in [0.5, 0.6) is 0 Å². The zero-order chi connectivity index (χ0) is 11.8. The van der Waals surface area contributed by atoms with E-state index in [1.807, 2.05) is 0 Å². The van der Waals surface area contributed by atoms with Crippen molar-refractivity contribution in [2.24, 2.45) is 5.92 Å². The van der Waals surface area contributed by atoms with Crippen LogP contribution in [0.25, 0.3) is 0 Å². The largest absolute Gasteiger partial charge is 0.481 e. The van der Waals surface area contributed by atoms with E-state index in [2.05, 4.69) is 5.32 Å². The SMILES string of the molecule is COCCOCCCNC1CCC1C(=O)O. The molecule has 1 aliphatic rings. The molecular weight excluding hydrogens is 210 g/mol. The molecular formula is C11H21NO4. The quantitative estimate of drug-likeness (QED) is 0.565. The Labute approximate surface area is 96.1 Å². The van der Waals surface area contributed by atoms with E-state index in [1.54, 1.807) is 7.11 Å². The van der Waals surface area contributed by atoms with Crippen LogP contribution in [0.15, 0.2) is 0 Å². The van der Waals surface area contributed by atoms with Gasteiger partial charge in [0.15, 0.2) is 0 Å². The molecule has 0 heterocycles. The van der Waals surface area contributed by atoms with Gasteiger partial charge in [0, 0.05) is 19.8 Å². The number of ether oxygens (including phenoxy) is 2. The number of hydrogen-bond acceptors (Lipinski definition) is 4. The van der Waals surface area contributed by atoms with E-state index < -0.39 is 5.97 Å². The Morgan fingerprint density at radius 3 is 2.75 bits per heavy atom. The summed E-state index contributed by atoms with van der Waals surface area (Å²) in [5, 5.41) is 12.1. The first-order valence-electron chi connectivity index (χ1n) is 5.78. The maximum atomic E-state index is 10.7. The number of rotatable bonds is 9. The third-order valence-electron chi connectivity index (χ3n) is 2.90. The van der Waals surface area contributed by atoms with Crippen LogP contribution in [0.4, 0.5) is 0 Å². The summed E-state index contributed by atoms with van der Waals surface area (Å²) in [6.07, 6.45) is 2.69. The van der Waals surface area contributed by atoms with Gasteiger partial charge >= 0.3 is 5.97 Å². The molecule has 0 aliphatic heterocycles. The summed E-state index contributed by atoms with van der Waals surface area (Å²) in [5.74, 6) is -0.866. The Morgan fingerprint density at radius 1 is 1.38 bits per heavy atom. The number of hydrogen-bond donors (Lipinski definition) is 2. The molecule has 2 unspecified atom stereocenters. The van der Waals surface area contributed by atoms with Gasteiger partial charge in [-0.3, -0.25) is 4.79 Å². The fourth-order valence-corrected chi connectivity index (χ4v) is 1.75. The fourth-order valence-electron chi connectivity index (χ4n) is 1.75. The molecule has 0 aromatic heterocycles. The van der Waals surface area contributed by atoms with Gasteiger partial charge in [-0.1, -0.05) is 0 Å². The minimum absolute atomic E-state index is 0.163. The highest BCUT2D eigenvalue weighted by Gasteiger charge is 2.35. The average Bonchev–Trinajstić information content (AvgIpc) is 2.19. The summed E-state index contributed by atoms with van der Waals surface area (Å²) in [7, 11) is 1.65. The van der Waals surface area contributed by atoms with Crippen molar-refractivity contribution in [1.29, 1.82) is 0 Å². The number of nitrogens with one attached hydrogen (secondary N) is 1. The molecule has 5 nitrogen and oxygen atoms in total. The Kier molecular flexibility index (Phi) is 6.37. The molecule has 0 aromatic rings. The van der Waals surface area contributed by atoms with Gasteiger partial charge in [0.05, 0.1) is 19.1 Å². The van der Waals surface area contributed by atoms with Crippen molar-refractivity contribution in [3.05, 3.63) is 0 Å². The lowest BCUT2D eigenvalue weighted by atomic mass is 9.79. The van der Waals surface area contributed by atoms with E-state index in [9.17, 15) is 4.79 Å². The predicted octanol–water partition coefficient (Wildman–Crippen LogP) is 0.492. The zero-order valence-electron chi connectivity index (χ0n) is 9.78. The van der Waals surface area contributed by atoms with Crippen LogP contribution in [0.1, 0.15) is 19.3 Å². The lowest BCUT2D eigenvalue weighted by molar-refractivity contribution is -0.146. The summed E-state index contributed by atoms with van der Waals surface area (Å²) in [6.45, 7) is 2.76. The van der Waals surface area contributed by atoms with E-state index in [4.69, 9.17) is 14.6 Å². The van der Waals surface area contributed by atoms with Crippen molar-refractivity contribution in [1.82, 2.24) is 5.32 Å². The highest BCUT2D eigenvalue weighted by Crippen LogP contribution is 2.27. The van der Waals surface area contributed by atoms with Gasteiger partial charge in [-0.15, -0.1) is 0 Å². The van der Waals surface area contributed by atoms with Crippen molar-refractivity contribution in [3.8, 4) is 0 Å². The molecule has 16 heavy (non-hydrogen) atoms. The third kappa shape index (κ3) is 4.47. The van der Waals surface area contributed by atoms with Crippen LogP contribution in [-0.2, 0) is 14.3 Å². The molecule has 0 amide bonds. The average molecular weight is 231 g/mol. The maximum Gasteiger partial charge on any atom is 0.308 e. The van der Waals surface area contributed by atoms with Crippen LogP contribution in [-0.4, -0.2) is 50.6 Å². The molecule has 1 rings (SSSR count). The maximum absolute atomic E-state index is 10.7. The van der Waals surface area contributed by atoms with Crippen LogP contribution in [0, 0.1) is 5.92 Å². The molecule has 5 heteroatoms. The summed E-state index contributed by atoms with van der Waals surface area (Å²) in [4.78, 5) is 10.7. The first kappa shape index (κ1) is 13.4. The van der Waals surface area contributed by atoms with Crippen molar-refractivity contribution in [3.63, 3.8) is 0 Å². The first-order valence-corrected chi connectivity index (χ1v) is 5.78. The van der Waals surface area contributed by atoms with Gasteiger partial charge in [0.1, 0.15) is 0 Å². The van der Waals surface area contributed by atoms with Crippen molar-refractivity contribution in [2.45, 2.75) is 25.3 Å². The molecule has 0 bridgehead atoms. The van der Waals surface area contributed by atoms with Crippen LogP contribution in [0.2, 0.25) is 0 Å². The summed E-state index contributed by atoms with van der Waals surface area (Å²) >= 11 is 0. The fraction of sp³-hybridized carbons (Fsp3) is 0.909. The Bertz CT molecular complexity index is 210. The highest BCUT2D eigenvalue weighted by atomic mass is 16.5. The summed E-state index contributed by atoms with van der Waals surface area (Å²) in [6, 6.07) is 0.163. The number of methoxy groups -OCH3 is 1. The molecule has 94 valence electrons. The summed E-state index contributed by atoms with van der Waals surface area (Å²) in [5.41, 5.74) is 0. The van der Waals surface area contributed by atoms with E-state index in [0.717, 1.165) is 25.8 Å². The standard InChI is InChI=1S/C11H21NO4/c1-15-7-8-16-6-2-5-12-10-4-3-9(10)11(13)14/h9-10,12H,2-8H2,1H3,(H,13,14). The van der Waals surface area contributed by atoms with E-state index in [1.165, 1.54) is 0 Å². The van der Waals surface area contributed by atoms with E-state index in [0.29, 0.717) is 19.8 Å². The second-order valence-electron chi connectivity index (χ2n) is 4.04. The number of carboxylic acid groups (broad SMARTS) is 1. The molecule has 0 spiro atoms. The minimum atomic E-state index is -0.680. The molecule has 2 N–H and O–H groups in total. The molecule has 0 saturated heterocycles. The number of carboxylic acids is 1. The van der Waals surface area contributed by atoms with Gasteiger partial charge in [-0.05, 0) is 25.8 Å². The van der Waals surface area contributed by atoms with Crippen LogP contribution < -0.4 is 5.32 Å². The first-order chi connectivity index (χ1) is 7.75. The van der Waals surface area contributed by atoms with E-state index >= 15 is 0 Å². The highest BCUT2D eigenvalue weighted by molar-refractivity contribution is 5.72.